The third-order valence-corrected chi connectivity index (χ3v) is 4.44. The predicted octanol–water partition coefficient (Wildman–Crippen LogP) is 2.62. The van der Waals surface area contributed by atoms with E-state index in [1.807, 2.05) is 42.2 Å². The molecule has 6 nitrogen and oxygen atoms in total. The minimum atomic E-state index is -0.0902. The van der Waals surface area contributed by atoms with Gasteiger partial charge in [-0.05, 0) is 44.9 Å². The molecule has 0 bridgehead atoms. The molecule has 2 N–H and O–H groups in total. The van der Waals surface area contributed by atoms with Gasteiger partial charge in [0.1, 0.15) is 0 Å². The molecule has 0 spiro atoms. The van der Waals surface area contributed by atoms with Gasteiger partial charge in [0.15, 0.2) is 0 Å². The Balaban J connectivity index is 1.62. The van der Waals surface area contributed by atoms with Crippen LogP contribution in [0.5, 0.6) is 0 Å². The fraction of sp³-hybridized carbons (Fsp3) is 0.474. The first-order valence-electron chi connectivity index (χ1n) is 8.83. The third-order valence-electron chi connectivity index (χ3n) is 4.44. The lowest BCUT2D eigenvalue weighted by Gasteiger charge is -2.31. The lowest BCUT2D eigenvalue weighted by Crippen LogP contribution is -2.41. The molecule has 1 aromatic carbocycles. The number of ether oxygens (including phenoxy) is 1. The number of nitrogens with zero attached hydrogens (tertiary/aromatic N) is 2. The summed E-state index contributed by atoms with van der Waals surface area (Å²) >= 11 is 0. The Kier molecular flexibility index (Phi) is 5.83. The number of hydrogen-bond acceptors (Lipinski definition) is 5. The van der Waals surface area contributed by atoms with Crippen LogP contribution in [0.25, 0.3) is 11.5 Å². The molecular weight excluding hydrogens is 318 g/mol. The second kappa shape index (κ2) is 8.27. The topological polar surface area (TPSA) is 81.6 Å². The van der Waals surface area contributed by atoms with Crippen LogP contribution < -0.4 is 5.73 Å². The van der Waals surface area contributed by atoms with Crippen molar-refractivity contribution in [2.24, 2.45) is 5.73 Å². The second-order valence-corrected chi connectivity index (χ2v) is 6.30. The van der Waals surface area contributed by atoms with Crippen molar-refractivity contribution < 1.29 is 13.9 Å². The molecule has 0 atom stereocenters. The third kappa shape index (κ3) is 4.27. The van der Waals surface area contributed by atoms with Gasteiger partial charge >= 0.3 is 0 Å². The Hall–Kier alpha value is -2.18. The summed E-state index contributed by atoms with van der Waals surface area (Å²) in [6.45, 7) is 4.49. The van der Waals surface area contributed by atoms with Gasteiger partial charge < -0.3 is 19.8 Å². The number of nitrogens with two attached hydrogens (primary N) is 1. The molecule has 2 aromatic rings. The molecule has 1 aliphatic heterocycles. The zero-order valence-electron chi connectivity index (χ0n) is 14.6. The SMILES string of the molecule is Cc1nc(-c2ccccc2)oc1C(=O)N1CCC(OCCCN)CC1. The molecule has 0 unspecified atom stereocenters. The number of aromatic nitrogens is 1. The molecule has 0 aliphatic carbocycles. The summed E-state index contributed by atoms with van der Waals surface area (Å²) in [5.74, 6) is 0.732. The summed E-state index contributed by atoms with van der Waals surface area (Å²) < 4.78 is 11.6. The lowest BCUT2D eigenvalue weighted by molar-refractivity contribution is 0.00764. The molecule has 25 heavy (non-hydrogen) atoms. The number of benzene rings is 1. The van der Waals surface area contributed by atoms with Crippen LogP contribution in [0.2, 0.25) is 0 Å². The number of hydrogen-bond donors (Lipinski definition) is 1. The highest BCUT2D eigenvalue weighted by Crippen LogP contribution is 2.24. The average Bonchev–Trinajstić information content (AvgIpc) is 3.04. The maximum atomic E-state index is 12.8. The summed E-state index contributed by atoms with van der Waals surface area (Å²) in [6, 6.07) is 9.62. The van der Waals surface area contributed by atoms with Crippen LogP contribution in [0.1, 0.15) is 35.5 Å². The fourth-order valence-corrected chi connectivity index (χ4v) is 3.00. The average molecular weight is 343 g/mol. The highest BCUT2D eigenvalue weighted by atomic mass is 16.5. The summed E-state index contributed by atoms with van der Waals surface area (Å²) in [5.41, 5.74) is 6.98. The maximum absolute atomic E-state index is 12.8. The van der Waals surface area contributed by atoms with Gasteiger partial charge in [0, 0.05) is 25.3 Å². The van der Waals surface area contributed by atoms with Crippen molar-refractivity contribution in [3.63, 3.8) is 0 Å². The van der Waals surface area contributed by atoms with Crippen molar-refractivity contribution in [1.29, 1.82) is 0 Å². The number of amides is 1. The highest BCUT2D eigenvalue weighted by molar-refractivity contribution is 5.93. The van der Waals surface area contributed by atoms with Crippen molar-refractivity contribution in [2.75, 3.05) is 26.2 Å². The van der Waals surface area contributed by atoms with Gasteiger partial charge in [-0.2, -0.15) is 0 Å². The Labute approximate surface area is 148 Å². The Morgan fingerprint density at radius 3 is 2.72 bits per heavy atom. The number of aryl methyl sites for hydroxylation is 1. The van der Waals surface area contributed by atoms with Gasteiger partial charge in [-0.15, -0.1) is 0 Å². The second-order valence-electron chi connectivity index (χ2n) is 6.30. The lowest BCUT2D eigenvalue weighted by atomic mass is 10.1. The zero-order valence-corrected chi connectivity index (χ0v) is 14.6. The van der Waals surface area contributed by atoms with Gasteiger partial charge in [0.2, 0.25) is 11.7 Å². The minimum Gasteiger partial charge on any atom is -0.431 e. The number of carbonyl (C=O) groups excluding carboxylic acids is 1. The zero-order chi connectivity index (χ0) is 17.6. The van der Waals surface area contributed by atoms with E-state index in [0.29, 0.717) is 43.6 Å². The van der Waals surface area contributed by atoms with E-state index in [9.17, 15) is 4.79 Å². The summed E-state index contributed by atoms with van der Waals surface area (Å²) in [5, 5.41) is 0. The maximum Gasteiger partial charge on any atom is 0.291 e. The number of piperidine rings is 1. The summed E-state index contributed by atoms with van der Waals surface area (Å²) in [7, 11) is 0. The molecule has 6 heteroatoms. The Morgan fingerprint density at radius 2 is 2.04 bits per heavy atom. The first-order valence-corrected chi connectivity index (χ1v) is 8.83. The molecule has 0 saturated carbocycles. The van der Waals surface area contributed by atoms with E-state index in [1.165, 1.54) is 0 Å². The number of oxazole rings is 1. The van der Waals surface area contributed by atoms with Crippen LogP contribution in [0.4, 0.5) is 0 Å². The first kappa shape index (κ1) is 17.6. The Morgan fingerprint density at radius 1 is 1.32 bits per heavy atom. The number of likely N-dealkylation sites (tertiary alicyclic amines) is 1. The van der Waals surface area contributed by atoms with Crippen molar-refractivity contribution in [3.8, 4) is 11.5 Å². The van der Waals surface area contributed by atoms with E-state index in [0.717, 1.165) is 24.8 Å². The number of carbonyl (C=O) groups is 1. The van der Waals surface area contributed by atoms with Crippen LogP contribution in [-0.4, -0.2) is 48.1 Å². The van der Waals surface area contributed by atoms with Gasteiger partial charge in [-0.1, -0.05) is 18.2 Å². The van der Waals surface area contributed by atoms with E-state index in [4.69, 9.17) is 14.9 Å². The van der Waals surface area contributed by atoms with Crippen molar-refractivity contribution in [2.45, 2.75) is 32.3 Å². The van der Waals surface area contributed by atoms with E-state index in [2.05, 4.69) is 4.98 Å². The van der Waals surface area contributed by atoms with Gasteiger partial charge in [-0.25, -0.2) is 4.98 Å². The van der Waals surface area contributed by atoms with Gasteiger partial charge in [-0.3, -0.25) is 4.79 Å². The monoisotopic (exact) mass is 343 g/mol. The largest absolute Gasteiger partial charge is 0.431 e. The highest BCUT2D eigenvalue weighted by Gasteiger charge is 2.28. The van der Waals surface area contributed by atoms with Gasteiger partial charge in [0.05, 0.1) is 11.8 Å². The smallest absolute Gasteiger partial charge is 0.291 e. The normalized spacial score (nSPS) is 15.5. The molecule has 0 radical (unpaired) electrons. The molecule has 1 aliphatic rings. The van der Waals surface area contributed by atoms with Crippen LogP contribution in [0, 0.1) is 6.92 Å². The van der Waals surface area contributed by atoms with Crippen molar-refractivity contribution in [1.82, 2.24) is 9.88 Å². The minimum absolute atomic E-state index is 0.0902. The Bertz CT molecular complexity index is 691. The molecule has 2 heterocycles. The van der Waals surface area contributed by atoms with Crippen LogP contribution in [0.15, 0.2) is 34.7 Å². The molecule has 3 rings (SSSR count). The predicted molar refractivity (Wildman–Crippen MR) is 95.2 cm³/mol. The quantitative estimate of drug-likeness (QED) is 0.815. The van der Waals surface area contributed by atoms with Crippen LogP contribution in [-0.2, 0) is 4.74 Å². The molecule has 1 amide bonds. The molecule has 1 fully saturated rings. The first-order chi connectivity index (χ1) is 12.2. The number of rotatable bonds is 6. The van der Waals surface area contributed by atoms with Crippen molar-refractivity contribution in [3.05, 3.63) is 41.8 Å². The summed E-state index contributed by atoms with van der Waals surface area (Å²) in [4.78, 5) is 19.0. The molecular formula is C19H25N3O3. The fourth-order valence-electron chi connectivity index (χ4n) is 3.00. The standard InChI is InChI=1S/C19H25N3O3/c1-14-17(25-18(21-14)15-6-3-2-4-7-15)19(23)22-11-8-16(9-12-22)24-13-5-10-20/h2-4,6-7,16H,5,8-13,20H2,1H3. The van der Waals surface area contributed by atoms with E-state index >= 15 is 0 Å². The summed E-state index contributed by atoms with van der Waals surface area (Å²) in [6.07, 6.45) is 2.77. The van der Waals surface area contributed by atoms with E-state index in [1.54, 1.807) is 0 Å². The molecule has 1 aromatic heterocycles. The van der Waals surface area contributed by atoms with E-state index < -0.39 is 0 Å². The van der Waals surface area contributed by atoms with E-state index in [-0.39, 0.29) is 12.0 Å². The van der Waals surface area contributed by atoms with Gasteiger partial charge in [0.25, 0.3) is 5.91 Å². The van der Waals surface area contributed by atoms with Crippen molar-refractivity contribution >= 4 is 5.91 Å². The molecule has 134 valence electrons. The molecule has 1 saturated heterocycles. The van der Waals surface area contributed by atoms with Crippen LogP contribution in [0.3, 0.4) is 0 Å². The van der Waals surface area contributed by atoms with Crippen LogP contribution >= 0.6 is 0 Å².